The highest BCUT2D eigenvalue weighted by atomic mass is 19.4. The van der Waals surface area contributed by atoms with Gasteiger partial charge in [-0.15, -0.1) is 13.2 Å². The van der Waals surface area contributed by atoms with Gasteiger partial charge in [0, 0.05) is 23.7 Å². The van der Waals surface area contributed by atoms with Crippen LogP contribution in [0.3, 0.4) is 0 Å². The largest absolute Gasteiger partial charge is 0.573 e. The Labute approximate surface area is 236 Å². The van der Waals surface area contributed by atoms with Gasteiger partial charge in [0.25, 0.3) is 0 Å². The number of aromatic nitrogens is 2. The van der Waals surface area contributed by atoms with E-state index in [1.807, 2.05) is 12.1 Å². The van der Waals surface area contributed by atoms with E-state index >= 15 is 0 Å². The minimum atomic E-state index is -4.76. The van der Waals surface area contributed by atoms with Crippen molar-refractivity contribution in [1.29, 1.82) is 0 Å². The Morgan fingerprint density at radius 2 is 1.76 bits per heavy atom. The summed E-state index contributed by atoms with van der Waals surface area (Å²) in [4.78, 5) is 18.0. The van der Waals surface area contributed by atoms with Crippen molar-refractivity contribution < 1.29 is 27.1 Å². The molecule has 0 radical (unpaired) electrons. The highest BCUT2D eigenvalue weighted by Crippen LogP contribution is 2.46. The highest BCUT2D eigenvalue weighted by Gasteiger charge is 2.35. The van der Waals surface area contributed by atoms with Gasteiger partial charge in [-0.05, 0) is 97.2 Å². The average molecular weight is 568 g/mol. The Hall–Kier alpha value is -3.88. The van der Waals surface area contributed by atoms with Crippen LogP contribution < -0.4 is 10.1 Å². The van der Waals surface area contributed by atoms with Crippen molar-refractivity contribution >= 4 is 28.5 Å². The monoisotopic (exact) mass is 567 g/mol. The molecule has 0 amide bonds. The third-order valence-electron chi connectivity index (χ3n) is 7.64. The fraction of sp³-hybridized carbons (Fsp3) is 0.375. The molecular weight excluding hydrogens is 534 g/mol. The van der Waals surface area contributed by atoms with Gasteiger partial charge in [0.2, 0.25) is 5.95 Å². The lowest BCUT2D eigenvalue weighted by atomic mass is 9.70. The Morgan fingerprint density at radius 1 is 1.05 bits per heavy atom. The van der Waals surface area contributed by atoms with Gasteiger partial charge in [-0.25, -0.2) is 9.37 Å². The van der Waals surface area contributed by atoms with Crippen molar-refractivity contribution in [2.45, 2.75) is 65.3 Å². The van der Waals surface area contributed by atoms with Crippen LogP contribution in [0.2, 0.25) is 0 Å². The lowest BCUT2D eigenvalue weighted by Gasteiger charge is -2.40. The maximum absolute atomic E-state index is 13.3. The molecular formula is C32H33F4N3O2. The summed E-state index contributed by atoms with van der Waals surface area (Å²) in [6.07, 6.45) is -1.01. The van der Waals surface area contributed by atoms with Gasteiger partial charge < -0.3 is 14.6 Å². The number of carbonyl (C=O) groups excluding carboxylic acids is 1. The number of imidazole rings is 1. The Balaban J connectivity index is 1.47. The number of anilines is 2. The van der Waals surface area contributed by atoms with Crippen molar-refractivity contribution in [3.8, 4) is 5.75 Å². The van der Waals surface area contributed by atoms with E-state index in [9.17, 15) is 22.4 Å². The second-order valence-electron chi connectivity index (χ2n) is 11.8. The summed E-state index contributed by atoms with van der Waals surface area (Å²) in [6, 6.07) is 17.3. The quantitative estimate of drug-likeness (QED) is 0.171. The number of nitrogens with zero attached hydrogens (tertiary/aromatic N) is 2. The van der Waals surface area contributed by atoms with E-state index in [-0.39, 0.29) is 35.2 Å². The highest BCUT2D eigenvalue weighted by molar-refractivity contribution is 5.99. The minimum Gasteiger partial charge on any atom is -0.406 e. The summed E-state index contributed by atoms with van der Waals surface area (Å²) in [7, 11) is 0. The third-order valence-corrected chi connectivity index (χ3v) is 7.64. The number of ether oxygens (including phenoxy) is 1. The van der Waals surface area contributed by atoms with E-state index in [4.69, 9.17) is 4.98 Å². The van der Waals surface area contributed by atoms with Gasteiger partial charge in [0.15, 0.2) is 5.78 Å². The van der Waals surface area contributed by atoms with Crippen molar-refractivity contribution in [2.75, 3.05) is 5.32 Å². The minimum absolute atomic E-state index is 0.0175. The van der Waals surface area contributed by atoms with Crippen molar-refractivity contribution in [2.24, 2.45) is 11.3 Å². The number of aryl methyl sites for hydroxylation is 1. The average Bonchev–Trinajstić information content (AvgIpc) is 3.24. The van der Waals surface area contributed by atoms with Gasteiger partial charge in [-0.2, -0.15) is 0 Å². The molecule has 0 aliphatic heterocycles. The summed E-state index contributed by atoms with van der Waals surface area (Å²) in [5, 5.41) is 3.29. The van der Waals surface area contributed by atoms with E-state index in [0.717, 1.165) is 35.9 Å². The molecule has 3 aromatic carbocycles. The predicted octanol–water partition coefficient (Wildman–Crippen LogP) is 9.02. The molecule has 9 heteroatoms. The molecule has 1 aliphatic rings. The molecule has 1 heterocycles. The number of hydrogen-bond acceptors (Lipinski definition) is 4. The predicted molar refractivity (Wildman–Crippen MR) is 151 cm³/mol. The summed E-state index contributed by atoms with van der Waals surface area (Å²) in [5.41, 5.74) is 3.68. The lowest BCUT2D eigenvalue weighted by Crippen LogP contribution is -2.29. The number of ketones is 1. The first-order chi connectivity index (χ1) is 19.3. The normalized spacial score (nSPS) is 18.8. The van der Waals surface area contributed by atoms with Crippen LogP contribution in [0.15, 0.2) is 66.7 Å². The van der Waals surface area contributed by atoms with Gasteiger partial charge in [-0.3, -0.25) is 4.79 Å². The molecule has 5 nitrogen and oxygen atoms in total. The molecule has 2 atom stereocenters. The number of nitrogens with one attached hydrogen (secondary N) is 1. The maximum Gasteiger partial charge on any atom is 0.573 e. The zero-order valence-corrected chi connectivity index (χ0v) is 23.3. The van der Waals surface area contributed by atoms with Crippen LogP contribution in [0, 0.1) is 17.2 Å². The van der Waals surface area contributed by atoms with E-state index in [1.54, 1.807) is 18.2 Å². The third kappa shape index (κ3) is 7.07. The molecule has 0 unspecified atom stereocenters. The fourth-order valence-electron chi connectivity index (χ4n) is 6.14. The summed E-state index contributed by atoms with van der Waals surface area (Å²) >= 11 is 0. The van der Waals surface area contributed by atoms with Crippen molar-refractivity contribution in [3.05, 3.63) is 83.7 Å². The van der Waals surface area contributed by atoms with Crippen LogP contribution in [0.1, 0.15) is 68.4 Å². The molecule has 216 valence electrons. The van der Waals surface area contributed by atoms with Crippen LogP contribution in [0.25, 0.3) is 11.0 Å². The first-order valence-corrected chi connectivity index (χ1v) is 13.8. The summed E-state index contributed by atoms with van der Waals surface area (Å²) < 4.78 is 57.2. The molecule has 1 saturated carbocycles. The van der Waals surface area contributed by atoms with Crippen molar-refractivity contribution in [3.63, 3.8) is 0 Å². The molecule has 1 aromatic heterocycles. The van der Waals surface area contributed by atoms with E-state index in [0.29, 0.717) is 29.5 Å². The van der Waals surface area contributed by atoms with E-state index in [2.05, 4.69) is 35.4 Å². The van der Waals surface area contributed by atoms with Crippen LogP contribution in [0.5, 0.6) is 5.75 Å². The molecule has 1 N–H and O–H groups in total. The number of alkyl halides is 3. The van der Waals surface area contributed by atoms with Crippen molar-refractivity contribution in [1.82, 2.24) is 9.55 Å². The number of rotatable bonds is 8. The molecule has 0 bridgehead atoms. The van der Waals surface area contributed by atoms with Crippen LogP contribution >= 0.6 is 0 Å². The second-order valence-corrected chi connectivity index (χ2v) is 11.8. The first kappa shape index (κ1) is 28.6. The molecule has 41 heavy (non-hydrogen) atoms. The van der Waals surface area contributed by atoms with Crippen LogP contribution in [-0.4, -0.2) is 21.7 Å². The van der Waals surface area contributed by atoms with Gasteiger partial charge in [-0.1, -0.05) is 32.9 Å². The Kier molecular flexibility index (Phi) is 7.81. The molecule has 1 aliphatic carbocycles. The fourth-order valence-corrected chi connectivity index (χ4v) is 6.14. The number of Topliss-reactive ketones (excluding diaryl/α,β-unsaturated/α-hetero) is 1. The summed E-state index contributed by atoms with van der Waals surface area (Å²) in [6.45, 7) is 6.75. The van der Waals surface area contributed by atoms with Gasteiger partial charge in [0.05, 0.1) is 11.0 Å². The second kappa shape index (κ2) is 11.2. The topological polar surface area (TPSA) is 56.1 Å². The lowest BCUT2D eigenvalue weighted by molar-refractivity contribution is -0.274. The number of halogens is 4. The molecule has 4 aromatic rings. The first-order valence-electron chi connectivity index (χ1n) is 13.8. The zero-order chi connectivity index (χ0) is 29.4. The van der Waals surface area contributed by atoms with Gasteiger partial charge in [0.1, 0.15) is 11.6 Å². The Bertz CT molecular complexity index is 1530. The maximum atomic E-state index is 13.3. The molecule has 0 spiro atoms. The number of benzene rings is 3. The van der Waals surface area contributed by atoms with Crippen LogP contribution in [0.4, 0.5) is 29.2 Å². The Morgan fingerprint density at radius 3 is 2.41 bits per heavy atom. The number of carbonyl (C=O) groups is 1. The number of fused-ring (bicyclic) bond motifs is 1. The summed E-state index contributed by atoms with van der Waals surface area (Å²) in [5.74, 6) is 0.414. The van der Waals surface area contributed by atoms with E-state index in [1.165, 1.54) is 36.4 Å². The van der Waals surface area contributed by atoms with Gasteiger partial charge >= 0.3 is 6.36 Å². The number of hydrogen-bond donors (Lipinski definition) is 1. The van der Waals surface area contributed by atoms with E-state index < -0.39 is 6.36 Å². The van der Waals surface area contributed by atoms with Crippen LogP contribution in [-0.2, 0) is 6.42 Å². The zero-order valence-electron chi connectivity index (χ0n) is 23.3. The molecule has 5 rings (SSSR count). The molecule has 1 fully saturated rings. The standard InChI is InChI=1S/C32H33F4N3O2/c1-20-16-25(19-31(2,3)18-20)39-28-17-22(29(40)15-6-21-4-8-23(33)9-5-21)7-14-27(28)38-30(39)37-24-10-12-26(13-11-24)41-32(34,35)36/h4-5,7-14,17,20,25H,6,15-16,18-19H2,1-3H3,(H,37,38)/t20-,25+/m0/s1. The smallest absolute Gasteiger partial charge is 0.406 e. The SMILES string of the molecule is C[C@H]1C[C@@H](n2c(Nc3ccc(OC(F)(F)F)cc3)nc3ccc(C(=O)CCc4ccc(F)cc4)cc32)CC(C)(C)C1. The molecule has 0 saturated heterocycles.